The second-order valence-electron chi connectivity index (χ2n) is 9.07. The monoisotopic (exact) mass is 503 g/mol. The van der Waals surface area contributed by atoms with Gasteiger partial charge in [0.05, 0.1) is 17.6 Å². The van der Waals surface area contributed by atoms with E-state index in [1.165, 1.54) is 5.56 Å². The van der Waals surface area contributed by atoms with Gasteiger partial charge in [-0.05, 0) is 67.6 Å². The number of nitrogens with one attached hydrogen (secondary N) is 1. The van der Waals surface area contributed by atoms with Crippen LogP contribution < -0.4 is 10.1 Å². The second-order valence-corrected chi connectivity index (χ2v) is 9.48. The highest BCUT2D eigenvalue weighted by atomic mass is 35.5. The van der Waals surface area contributed by atoms with Crippen molar-refractivity contribution in [3.63, 3.8) is 0 Å². The fourth-order valence-electron chi connectivity index (χ4n) is 4.33. The first-order valence-electron chi connectivity index (χ1n) is 12.7. The number of carbonyl (C=O) groups excluding carboxylic acids is 1. The fourth-order valence-corrected chi connectivity index (χ4v) is 4.45. The first kappa shape index (κ1) is 25.8. The minimum absolute atomic E-state index is 0.122. The minimum atomic E-state index is 0.122. The van der Waals surface area contributed by atoms with Crippen LogP contribution >= 0.6 is 11.6 Å². The van der Waals surface area contributed by atoms with Gasteiger partial charge in [0.15, 0.2) is 0 Å². The van der Waals surface area contributed by atoms with Crippen molar-refractivity contribution in [2.45, 2.75) is 52.0 Å². The van der Waals surface area contributed by atoms with E-state index in [1.807, 2.05) is 55.5 Å². The van der Waals surface area contributed by atoms with Gasteiger partial charge in [-0.25, -0.2) is 4.98 Å². The average molecular weight is 504 g/mol. The Morgan fingerprint density at radius 3 is 2.61 bits per heavy atom. The molecule has 0 spiro atoms. The molecular formula is C30H34ClN3O2. The molecular weight excluding hydrogens is 470 g/mol. The third kappa shape index (κ3) is 7.34. The molecule has 1 aromatic heterocycles. The Labute approximate surface area is 218 Å². The minimum Gasteiger partial charge on any atom is -0.492 e. The van der Waals surface area contributed by atoms with Gasteiger partial charge in [-0.2, -0.15) is 0 Å². The lowest BCUT2D eigenvalue weighted by molar-refractivity contribution is -0.121. The van der Waals surface area contributed by atoms with Gasteiger partial charge < -0.3 is 14.6 Å². The molecule has 0 aliphatic rings. The van der Waals surface area contributed by atoms with Crippen molar-refractivity contribution >= 4 is 28.5 Å². The number of nitrogens with zero attached hydrogens (tertiary/aromatic N) is 2. The molecule has 0 bridgehead atoms. The molecule has 0 radical (unpaired) electrons. The Hall–Kier alpha value is -3.31. The molecule has 0 fully saturated rings. The number of benzene rings is 3. The maximum Gasteiger partial charge on any atom is 0.220 e. The number of hydrogen-bond donors (Lipinski definition) is 1. The van der Waals surface area contributed by atoms with Gasteiger partial charge in [-0.15, -0.1) is 0 Å². The maximum atomic E-state index is 12.1. The quantitative estimate of drug-likeness (QED) is 0.211. The highest BCUT2D eigenvalue weighted by Crippen LogP contribution is 2.22. The lowest BCUT2D eigenvalue weighted by Crippen LogP contribution is -2.24. The lowest BCUT2D eigenvalue weighted by Gasteiger charge is -2.12. The number of imidazole rings is 1. The van der Waals surface area contributed by atoms with Crippen molar-refractivity contribution in [1.82, 2.24) is 14.9 Å². The van der Waals surface area contributed by atoms with E-state index in [1.54, 1.807) is 0 Å². The average Bonchev–Trinajstić information content (AvgIpc) is 3.25. The summed E-state index contributed by atoms with van der Waals surface area (Å²) >= 11 is 6.13. The van der Waals surface area contributed by atoms with Crippen LogP contribution in [-0.4, -0.2) is 28.6 Å². The van der Waals surface area contributed by atoms with Crippen LogP contribution in [0.1, 0.15) is 42.6 Å². The van der Waals surface area contributed by atoms with Crippen LogP contribution in [0.2, 0.25) is 5.02 Å². The predicted octanol–water partition coefficient (Wildman–Crippen LogP) is 6.54. The molecule has 1 amide bonds. The Morgan fingerprint density at radius 1 is 0.972 bits per heavy atom. The maximum absolute atomic E-state index is 12.1. The molecule has 0 saturated heterocycles. The Balaban J connectivity index is 1.22. The number of unbranched alkanes of at least 4 members (excludes halogenated alkanes) is 2. The highest BCUT2D eigenvalue weighted by Gasteiger charge is 2.11. The van der Waals surface area contributed by atoms with E-state index in [4.69, 9.17) is 21.3 Å². The fraction of sp³-hybridized carbons (Fsp3) is 0.333. The molecule has 1 N–H and O–H groups in total. The lowest BCUT2D eigenvalue weighted by atomic mass is 10.1. The number of aromatic nitrogens is 2. The molecule has 4 rings (SSSR count). The Kier molecular flexibility index (Phi) is 9.40. The number of fused-ring (bicyclic) bond motifs is 1. The number of amides is 1. The highest BCUT2D eigenvalue weighted by molar-refractivity contribution is 6.31. The van der Waals surface area contributed by atoms with E-state index in [0.717, 1.165) is 78.4 Å². The smallest absolute Gasteiger partial charge is 0.220 e. The summed E-state index contributed by atoms with van der Waals surface area (Å²) in [5, 5.41) is 3.80. The molecule has 0 unspecified atom stereocenters. The number of halogens is 1. The molecule has 5 nitrogen and oxygen atoms in total. The molecule has 0 atom stereocenters. The number of rotatable bonds is 13. The standard InChI is InChI=1S/C30H34ClN3O2/c1-23-22-25(16-17-26(23)31)36-21-20-34-28-13-8-7-12-27(28)33-29(34)14-6-3-9-19-32-30(35)18-15-24-10-4-2-5-11-24/h2,4-5,7-8,10-13,16-17,22H,3,6,9,14-15,18-21H2,1H3,(H,32,35). The molecule has 4 aromatic rings. The summed E-state index contributed by atoms with van der Waals surface area (Å²) in [6.45, 7) is 3.99. The van der Waals surface area contributed by atoms with E-state index >= 15 is 0 Å². The van der Waals surface area contributed by atoms with Gasteiger partial charge in [0.25, 0.3) is 0 Å². The zero-order valence-corrected chi connectivity index (χ0v) is 21.6. The second kappa shape index (κ2) is 13.1. The SMILES string of the molecule is Cc1cc(OCCn2c(CCCCCNC(=O)CCc3ccccc3)nc3ccccc32)ccc1Cl. The van der Waals surface area contributed by atoms with Gasteiger partial charge in [0, 0.05) is 24.4 Å². The molecule has 0 saturated carbocycles. The summed E-state index contributed by atoms with van der Waals surface area (Å²) < 4.78 is 8.27. The van der Waals surface area contributed by atoms with E-state index in [-0.39, 0.29) is 5.91 Å². The van der Waals surface area contributed by atoms with E-state index < -0.39 is 0 Å². The van der Waals surface area contributed by atoms with Crippen LogP contribution in [0, 0.1) is 6.92 Å². The largest absolute Gasteiger partial charge is 0.492 e. The molecule has 3 aromatic carbocycles. The van der Waals surface area contributed by atoms with Gasteiger partial charge in [0.2, 0.25) is 5.91 Å². The first-order chi connectivity index (χ1) is 17.6. The molecule has 188 valence electrons. The van der Waals surface area contributed by atoms with Crippen molar-refractivity contribution in [1.29, 1.82) is 0 Å². The van der Waals surface area contributed by atoms with Gasteiger partial charge >= 0.3 is 0 Å². The molecule has 0 aliphatic heterocycles. The summed E-state index contributed by atoms with van der Waals surface area (Å²) in [6.07, 6.45) is 5.26. The third-order valence-corrected chi connectivity index (χ3v) is 6.75. The number of carbonyl (C=O) groups is 1. The first-order valence-corrected chi connectivity index (χ1v) is 13.1. The number of hydrogen-bond acceptors (Lipinski definition) is 3. The normalized spacial score (nSPS) is 11.1. The molecule has 36 heavy (non-hydrogen) atoms. The van der Waals surface area contributed by atoms with Crippen LogP contribution in [0.25, 0.3) is 11.0 Å². The molecule has 0 aliphatic carbocycles. The Morgan fingerprint density at radius 2 is 1.78 bits per heavy atom. The molecule has 1 heterocycles. The van der Waals surface area contributed by atoms with Crippen molar-refractivity contribution in [3.8, 4) is 5.75 Å². The van der Waals surface area contributed by atoms with Crippen LogP contribution in [0.15, 0.2) is 72.8 Å². The van der Waals surface area contributed by atoms with Crippen molar-refractivity contribution < 1.29 is 9.53 Å². The van der Waals surface area contributed by atoms with Crippen molar-refractivity contribution in [3.05, 3.63) is 94.8 Å². The summed E-state index contributed by atoms with van der Waals surface area (Å²) in [7, 11) is 0. The van der Waals surface area contributed by atoms with Crippen LogP contribution in [0.3, 0.4) is 0 Å². The zero-order chi connectivity index (χ0) is 25.2. The van der Waals surface area contributed by atoms with Crippen molar-refractivity contribution in [2.24, 2.45) is 0 Å². The van der Waals surface area contributed by atoms with Crippen LogP contribution in [-0.2, 0) is 24.2 Å². The predicted molar refractivity (Wildman–Crippen MR) is 147 cm³/mol. The number of aryl methyl sites for hydroxylation is 3. The summed E-state index contributed by atoms with van der Waals surface area (Å²) in [5.74, 6) is 2.03. The van der Waals surface area contributed by atoms with E-state index in [2.05, 4.69) is 34.1 Å². The summed E-state index contributed by atoms with van der Waals surface area (Å²) in [5.41, 5.74) is 4.36. The van der Waals surface area contributed by atoms with Crippen molar-refractivity contribution in [2.75, 3.05) is 13.2 Å². The number of ether oxygens (including phenoxy) is 1. The Bertz CT molecular complexity index is 1270. The van der Waals surface area contributed by atoms with E-state index in [9.17, 15) is 4.79 Å². The van der Waals surface area contributed by atoms with Gasteiger partial charge in [-0.1, -0.05) is 60.5 Å². The van der Waals surface area contributed by atoms with Gasteiger partial charge in [0.1, 0.15) is 18.2 Å². The van der Waals surface area contributed by atoms with Crippen LogP contribution in [0.4, 0.5) is 0 Å². The third-order valence-electron chi connectivity index (χ3n) is 6.33. The topological polar surface area (TPSA) is 56.1 Å². The number of para-hydroxylation sites is 2. The van der Waals surface area contributed by atoms with Gasteiger partial charge in [-0.3, -0.25) is 4.79 Å². The van der Waals surface area contributed by atoms with E-state index in [0.29, 0.717) is 13.0 Å². The zero-order valence-electron chi connectivity index (χ0n) is 20.9. The van der Waals surface area contributed by atoms with Crippen LogP contribution in [0.5, 0.6) is 5.75 Å². The summed E-state index contributed by atoms with van der Waals surface area (Å²) in [6, 6.07) is 24.1. The summed E-state index contributed by atoms with van der Waals surface area (Å²) in [4.78, 5) is 17.0. The molecule has 6 heteroatoms.